The topological polar surface area (TPSA) is 86.7 Å². The normalized spacial score (nSPS) is 10.8. The van der Waals surface area contributed by atoms with Crippen molar-refractivity contribution in [2.24, 2.45) is 0 Å². The van der Waals surface area contributed by atoms with E-state index in [1.165, 1.54) is 25.3 Å². The van der Waals surface area contributed by atoms with E-state index in [2.05, 4.69) is 0 Å². The molecule has 0 spiro atoms. The Bertz CT molecular complexity index is 544. The highest BCUT2D eigenvalue weighted by Crippen LogP contribution is 2.33. The van der Waals surface area contributed by atoms with Crippen molar-refractivity contribution in [1.82, 2.24) is 0 Å². The zero-order chi connectivity index (χ0) is 11.7. The maximum absolute atomic E-state index is 9.58. The van der Waals surface area contributed by atoms with Crippen LogP contribution in [0.15, 0.2) is 22.6 Å². The second-order valence-corrected chi connectivity index (χ2v) is 3.37. The van der Waals surface area contributed by atoms with E-state index >= 15 is 0 Å². The van der Waals surface area contributed by atoms with Gasteiger partial charge in [0.25, 0.3) is 5.95 Å². The van der Waals surface area contributed by atoms with Crippen molar-refractivity contribution in [3.8, 4) is 11.7 Å². The van der Waals surface area contributed by atoms with Crippen molar-refractivity contribution in [2.45, 2.75) is 0 Å². The van der Waals surface area contributed by atoms with E-state index < -0.39 is 0 Å². The molecule has 0 atom stereocenters. The number of fused-ring (bicyclic) bond motifs is 1. The minimum atomic E-state index is -0.331. The first-order chi connectivity index (χ1) is 7.63. The molecule has 84 valence electrons. The summed E-state index contributed by atoms with van der Waals surface area (Å²) in [7, 11) is 1.46. The summed E-state index contributed by atoms with van der Waals surface area (Å²) in [5.74, 6) is -0.276. The third-order valence-corrected chi connectivity index (χ3v) is 2.24. The first-order valence-electron chi connectivity index (χ1n) is 4.64. The molecule has 0 aliphatic carbocycles. The zero-order valence-corrected chi connectivity index (χ0v) is 8.65. The Morgan fingerprint density at radius 1 is 1.44 bits per heavy atom. The second kappa shape index (κ2) is 3.86. The van der Waals surface area contributed by atoms with E-state index in [0.29, 0.717) is 11.0 Å². The summed E-state index contributed by atoms with van der Waals surface area (Å²) in [6, 6.07) is 4.43. The Kier molecular flexibility index (Phi) is 2.54. The number of phenols is 1. The molecule has 0 bridgehead atoms. The highest BCUT2D eigenvalue weighted by molar-refractivity contribution is 6.11. The van der Waals surface area contributed by atoms with E-state index in [1.54, 1.807) is 0 Å². The van der Waals surface area contributed by atoms with E-state index in [9.17, 15) is 10.2 Å². The molecule has 1 aromatic carbocycles. The molecule has 0 radical (unpaired) electrons. The molecule has 5 nitrogen and oxygen atoms in total. The minimum absolute atomic E-state index is 0.0553. The lowest BCUT2D eigenvalue weighted by atomic mass is 10.1. The summed E-state index contributed by atoms with van der Waals surface area (Å²) in [4.78, 5) is 0. The standard InChI is InChI=1S/C11H11NO4/c1-15-5-8(12)10-7-4-6(13)2-3-9(7)16-11(10)14/h2-4,12-14H,5H2,1H3. The van der Waals surface area contributed by atoms with Crippen LogP contribution in [0.25, 0.3) is 11.0 Å². The van der Waals surface area contributed by atoms with Crippen molar-refractivity contribution in [1.29, 1.82) is 5.41 Å². The average molecular weight is 221 g/mol. The van der Waals surface area contributed by atoms with Crippen LogP contribution < -0.4 is 0 Å². The molecule has 0 fully saturated rings. The van der Waals surface area contributed by atoms with Crippen LogP contribution in [0.4, 0.5) is 0 Å². The molecule has 16 heavy (non-hydrogen) atoms. The number of rotatable bonds is 3. The predicted molar refractivity (Wildman–Crippen MR) is 58.2 cm³/mol. The van der Waals surface area contributed by atoms with Crippen LogP contribution in [-0.4, -0.2) is 29.6 Å². The number of furan rings is 1. The first-order valence-corrected chi connectivity index (χ1v) is 4.64. The molecular weight excluding hydrogens is 210 g/mol. The summed E-state index contributed by atoms with van der Waals surface area (Å²) in [5, 5.41) is 27.1. The van der Waals surface area contributed by atoms with Gasteiger partial charge in [0.15, 0.2) is 0 Å². The van der Waals surface area contributed by atoms with Gasteiger partial charge in [-0.15, -0.1) is 0 Å². The minimum Gasteiger partial charge on any atom is -0.508 e. The number of hydrogen-bond donors (Lipinski definition) is 3. The molecule has 0 saturated heterocycles. The van der Waals surface area contributed by atoms with Gasteiger partial charge >= 0.3 is 0 Å². The first kappa shape index (κ1) is 10.5. The van der Waals surface area contributed by atoms with Crippen molar-refractivity contribution in [2.75, 3.05) is 13.7 Å². The number of phenolic OH excluding ortho intramolecular Hbond substituents is 1. The maximum Gasteiger partial charge on any atom is 0.292 e. The van der Waals surface area contributed by atoms with Crippen LogP contribution in [0, 0.1) is 5.41 Å². The van der Waals surface area contributed by atoms with E-state index in [-0.39, 0.29) is 29.6 Å². The van der Waals surface area contributed by atoms with Gasteiger partial charge in [-0.3, -0.25) is 0 Å². The van der Waals surface area contributed by atoms with Crippen LogP contribution in [0.2, 0.25) is 0 Å². The van der Waals surface area contributed by atoms with E-state index in [1.807, 2.05) is 0 Å². The number of ether oxygens (including phenoxy) is 1. The van der Waals surface area contributed by atoms with Gasteiger partial charge in [0.05, 0.1) is 17.9 Å². The molecule has 0 unspecified atom stereocenters. The molecule has 0 aliphatic rings. The van der Waals surface area contributed by atoms with Gasteiger partial charge in [0.2, 0.25) is 0 Å². The fraction of sp³-hybridized carbons (Fsp3) is 0.182. The van der Waals surface area contributed by atoms with Gasteiger partial charge in [-0.1, -0.05) is 0 Å². The van der Waals surface area contributed by atoms with Crippen LogP contribution in [0.1, 0.15) is 5.56 Å². The van der Waals surface area contributed by atoms with E-state index in [4.69, 9.17) is 14.6 Å². The number of methoxy groups -OCH3 is 1. The van der Waals surface area contributed by atoms with Crippen LogP contribution in [-0.2, 0) is 4.74 Å². The maximum atomic E-state index is 9.58. The second-order valence-electron chi connectivity index (χ2n) is 3.37. The van der Waals surface area contributed by atoms with Crippen LogP contribution in [0.3, 0.4) is 0 Å². The lowest BCUT2D eigenvalue weighted by molar-refractivity contribution is 0.244. The molecule has 5 heteroatoms. The Morgan fingerprint density at radius 2 is 2.19 bits per heavy atom. The summed E-state index contributed by atoms with van der Waals surface area (Å²) in [6.07, 6.45) is 0. The van der Waals surface area contributed by atoms with Gasteiger partial charge in [-0.05, 0) is 18.2 Å². The predicted octanol–water partition coefficient (Wildman–Crippen LogP) is 1.86. The summed E-state index contributed by atoms with van der Waals surface area (Å²) in [5.41, 5.74) is 0.781. The largest absolute Gasteiger partial charge is 0.508 e. The molecule has 0 aliphatic heterocycles. The summed E-state index contributed by atoms with van der Waals surface area (Å²) in [6.45, 7) is 0.0673. The number of nitrogens with one attached hydrogen (secondary N) is 1. The molecular formula is C11H11NO4. The van der Waals surface area contributed by atoms with Gasteiger partial charge in [0.1, 0.15) is 11.3 Å². The molecule has 3 N–H and O–H groups in total. The van der Waals surface area contributed by atoms with Crippen molar-refractivity contribution in [3.63, 3.8) is 0 Å². The fourth-order valence-electron chi connectivity index (χ4n) is 1.58. The monoisotopic (exact) mass is 221 g/mol. The van der Waals surface area contributed by atoms with Crippen LogP contribution in [0.5, 0.6) is 11.7 Å². The Hall–Kier alpha value is -2.01. The smallest absolute Gasteiger partial charge is 0.292 e. The third kappa shape index (κ3) is 1.61. The highest BCUT2D eigenvalue weighted by atomic mass is 16.5. The summed E-state index contributed by atoms with van der Waals surface area (Å²) < 4.78 is 9.89. The Balaban J connectivity index is 2.62. The molecule has 2 rings (SSSR count). The lowest BCUT2D eigenvalue weighted by Gasteiger charge is -2.00. The van der Waals surface area contributed by atoms with Gasteiger partial charge in [0, 0.05) is 12.5 Å². The Labute approximate surface area is 91.4 Å². The highest BCUT2D eigenvalue weighted by Gasteiger charge is 2.17. The van der Waals surface area contributed by atoms with Crippen molar-refractivity contribution < 1.29 is 19.4 Å². The third-order valence-electron chi connectivity index (χ3n) is 2.24. The van der Waals surface area contributed by atoms with Gasteiger partial charge in [-0.25, -0.2) is 0 Å². The molecule has 1 heterocycles. The van der Waals surface area contributed by atoms with Crippen molar-refractivity contribution >= 4 is 16.7 Å². The number of hydrogen-bond acceptors (Lipinski definition) is 5. The van der Waals surface area contributed by atoms with Crippen molar-refractivity contribution in [3.05, 3.63) is 23.8 Å². The quantitative estimate of drug-likeness (QED) is 0.690. The number of aromatic hydroxyl groups is 2. The van der Waals surface area contributed by atoms with Crippen LogP contribution >= 0.6 is 0 Å². The number of benzene rings is 1. The van der Waals surface area contributed by atoms with Gasteiger partial charge < -0.3 is 24.8 Å². The fourth-order valence-corrected chi connectivity index (χ4v) is 1.58. The summed E-state index contributed by atoms with van der Waals surface area (Å²) >= 11 is 0. The van der Waals surface area contributed by atoms with Gasteiger partial charge in [-0.2, -0.15) is 0 Å². The lowest BCUT2D eigenvalue weighted by Crippen LogP contribution is -2.06. The molecule has 0 amide bonds. The molecule has 2 aromatic rings. The Morgan fingerprint density at radius 3 is 2.88 bits per heavy atom. The zero-order valence-electron chi connectivity index (χ0n) is 8.65. The van der Waals surface area contributed by atoms with E-state index in [0.717, 1.165) is 0 Å². The average Bonchev–Trinajstić information content (AvgIpc) is 2.53. The molecule has 1 aromatic heterocycles. The SMILES string of the molecule is COCC(=N)c1c(O)oc2ccc(O)cc12. The molecule has 0 saturated carbocycles.